The van der Waals surface area contributed by atoms with E-state index in [4.69, 9.17) is 0 Å². The van der Waals surface area contributed by atoms with Crippen LogP contribution in [0.2, 0.25) is 0 Å². The van der Waals surface area contributed by atoms with Gasteiger partial charge in [-0.15, -0.1) is 0 Å². The summed E-state index contributed by atoms with van der Waals surface area (Å²) in [7, 11) is 0. The summed E-state index contributed by atoms with van der Waals surface area (Å²) >= 11 is 0. The highest BCUT2D eigenvalue weighted by molar-refractivity contribution is 5.09. The van der Waals surface area contributed by atoms with E-state index in [1.807, 2.05) is 0 Å². The molecule has 78 valence electrons. The summed E-state index contributed by atoms with van der Waals surface area (Å²) in [5.74, 6) is 0. The van der Waals surface area contributed by atoms with E-state index in [9.17, 15) is 0 Å². The lowest BCUT2D eigenvalue weighted by Gasteiger charge is -2.20. The smallest absolute Gasteiger partial charge is 0.0241 e. The van der Waals surface area contributed by atoms with Crippen LogP contribution in [0.4, 0.5) is 0 Å². The van der Waals surface area contributed by atoms with Gasteiger partial charge in [0.25, 0.3) is 0 Å². The second kappa shape index (κ2) is 4.02. The molecule has 0 radical (unpaired) electrons. The Morgan fingerprint density at radius 1 is 1.00 bits per heavy atom. The average molecular weight is 182 g/mol. The Labute approximate surface area is 84.1 Å². The molecule has 0 saturated heterocycles. The van der Waals surface area contributed by atoms with Crippen molar-refractivity contribution in [1.29, 1.82) is 0 Å². The summed E-state index contributed by atoms with van der Waals surface area (Å²) in [6.07, 6.45) is 10.0. The van der Waals surface area contributed by atoms with Crippen LogP contribution < -0.4 is 0 Å². The fourth-order valence-corrected chi connectivity index (χ4v) is 3.03. The summed E-state index contributed by atoms with van der Waals surface area (Å²) in [5, 5.41) is 0. The van der Waals surface area contributed by atoms with E-state index in [2.05, 4.69) is 27.7 Å². The van der Waals surface area contributed by atoms with Gasteiger partial charge in [-0.1, -0.05) is 53.4 Å². The molecule has 0 heteroatoms. The molecule has 0 aromatic carbocycles. The molecular weight excluding hydrogens is 156 g/mol. The molecule has 2 atom stereocenters. The van der Waals surface area contributed by atoms with Gasteiger partial charge in [-0.25, -0.2) is 0 Å². The fourth-order valence-electron chi connectivity index (χ4n) is 3.03. The van der Waals surface area contributed by atoms with Gasteiger partial charge in [-0.05, 0) is 30.1 Å². The van der Waals surface area contributed by atoms with E-state index < -0.39 is 0 Å². The van der Waals surface area contributed by atoms with Crippen molar-refractivity contribution in [2.24, 2.45) is 10.8 Å². The molecule has 2 unspecified atom stereocenters. The highest BCUT2D eigenvalue weighted by Gasteiger charge is 2.60. The molecule has 1 rings (SSSR count). The van der Waals surface area contributed by atoms with Crippen molar-refractivity contribution in [2.75, 3.05) is 0 Å². The number of unbranched alkanes of at least 4 members (excludes halogenated alkanes) is 2. The molecule has 1 saturated carbocycles. The first-order valence-electron chi connectivity index (χ1n) is 6.14. The second-order valence-corrected chi connectivity index (χ2v) is 5.18. The monoisotopic (exact) mass is 182 g/mol. The molecule has 1 fully saturated rings. The minimum atomic E-state index is 0.704. The summed E-state index contributed by atoms with van der Waals surface area (Å²) in [6, 6.07) is 0. The van der Waals surface area contributed by atoms with Crippen molar-refractivity contribution in [3.05, 3.63) is 0 Å². The van der Waals surface area contributed by atoms with Crippen LogP contribution in [0.25, 0.3) is 0 Å². The van der Waals surface area contributed by atoms with Crippen molar-refractivity contribution in [2.45, 2.75) is 72.6 Å². The van der Waals surface area contributed by atoms with Gasteiger partial charge in [0, 0.05) is 0 Å². The Morgan fingerprint density at radius 3 is 2.08 bits per heavy atom. The van der Waals surface area contributed by atoms with E-state index in [1.54, 1.807) is 0 Å². The van der Waals surface area contributed by atoms with Crippen LogP contribution in [-0.2, 0) is 0 Å². The van der Waals surface area contributed by atoms with E-state index in [0.717, 1.165) is 5.41 Å². The Hall–Kier alpha value is 0. The van der Waals surface area contributed by atoms with Gasteiger partial charge >= 0.3 is 0 Å². The largest absolute Gasteiger partial charge is 0.0654 e. The topological polar surface area (TPSA) is 0 Å². The SMILES string of the molecule is CCCCCC1(CC)CC1(C)CC. The second-order valence-electron chi connectivity index (χ2n) is 5.18. The lowest BCUT2D eigenvalue weighted by molar-refractivity contribution is 0.306. The third-order valence-corrected chi connectivity index (χ3v) is 4.60. The molecule has 0 aliphatic heterocycles. The average Bonchev–Trinajstić information content (AvgIpc) is 2.74. The molecule has 13 heavy (non-hydrogen) atoms. The maximum atomic E-state index is 2.49. The third-order valence-electron chi connectivity index (χ3n) is 4.60. The number of rotatable bonds is 6. The predicted octanol–water partition coefficient (Wildman–Crippen LogP) is 4.78. The van der Waals surface area contributed by atoms with Crippen LogP contribution in [0.3, 0.4) is 0 Å². The van der Waals surface area contributed by atoms with E-state index in [1.165, 1.54) is 44.9 Å². The minimum absolute atomic E-state index is 0.704. The van der Waals surface area contributed by atoms with Crippen molar-refractivity contribution in [3.8, 4) is 0 Å². The molecule has 0 N–H and O–H groups in total. The zero-order valence-electron chi connectivity index (χ0n) is 9.95. The molecule has 0 spiro atoms. The predicted molar refractivity (Wildman–Crippen MR) is 59.9 cm³/mol. The summed E-state index contributed by atoms with van der Waals surface area (Å²) in [6.45, 7) is 9.52. The van der Waals surface area contributed by atoms with E-state index in [-0.39, 0.29) is 0 Å². The van der Waals surface area contributed by atoms with E-state index in [0.29, 0.717) is 5.41 Å². The first-order valence-corrected chi connectivity index (χ1v) is 6.14. The van der Waals surface area contributed by atoms with Gasteiger partial charge in [0.1, 0.15) is 0 Å². The van der Waals surface area contributed by atoms with Gasteiger partial charge < -0.3 is 0 Å². The van der Waals surface area contributed by atoms with Crippen LogP contribution in [0.5, 0.6) is 0 Å². The summed E-state index contributed by atoms with van der Waals surface area (Å²) in [5.41, 5.74) is 1.45. The normalized spacial score (nSPS) is 37.8. The molecule has 1 aliphatic carbocycles. The molecule has 0 bridgehead atoms. The molecule has 0 aromatic heterocycles. The zero-order chi connectivity index (χ0) is 9.95. The molecular formula is C13H26. The van der Waals surface area contributed by atoms with Crippen LogP contribution in [0, 0.1) is 10.8 Å². The first kappa shape index (κ1) is 11.1. The van der Waals surface area contributed by atoms with Crippen LogP contribution >= 0.6 is 0 Å². The minimum Gasteiger partial charge on any atom is -0.0654 e. The highest BCUT2D eigenvalue weighted by Crippen LogP contribution is 2.69. The molecule has 1 aliphatic rings. The Morgan fingerprint density at radius 2 is 1.69 bits per heavy atom. The first-order chi connectivity index (χ1) is 6.14. The fraction of sp³-hybridized carbons (Fsp3) is 1.00. The molecule has 0 nitrogen and oxygen atoms in total. The van der Waals surface area contributed by atoms with Crippen molar-refractivity contribution >= 4 is 0 Å². The van der Waals surface area contributed by atoms with Crippen LogP contribution in [0.15, 0.2) is 0 Å². The summed E-state index contributed by atoms with van der Waals surface area (Å²) in [4.78, 5) is 0. The van der Waals surface area contributed by atoms with E-state index >= 15 is 0 Å². The third kappa shape index (κ3) is 1.92. The van der Waals surface area contributed by atoms with Gasteiger partial charge in [0.15, 0.2) is 0 Å². The van der Waals surface area contributed by atoms with Gasteiger partial charge in [0.05, 0.1) is 0 Å². The Bertz CT molecular complexity index is 161. The summed E-state index contributed by atoms with van der Waals surface area (Å²) < 4.78 is 0. The standard InChI is InChI=1S/C13H26/c1-5-8-9-10-13(7-3)11-12(13,4)6-2/h5-11H2,1-4H3. The van der Waals surface area contributed by atoms with Crippen LogP contribution in [0.1, 0.15) is 72.6 Å². The number of hydrogen-bond donors (Lipinski definition) is 0. The lowest BCUT2D eigenvalue weighted by Crippen LogP contribution is -2.09. The lowest BCUT2D eigenvalue weighted by atomic mass is 9.85. The number of hydrogen-bond acceptors (Lipinski definition) is 0. The maximum absolute atomic E-state index is 2.49. The van der Waals surface area contributed by atoms with Crippen molar-refractivity contribution in [1.82, 2.24) is 0 Å². The molecule has 0 aromatic rings. The van der Waals surface area contributed by atoms with Gasteiger partial charge in [-0.2, -0.15) is 0 Å². The van der Waals surface area contributed by atoms with Crippen molar-refractivity contribution < 1.29 is 0 Å². The van der Waals surface area contributed by atoms with Gasteiger partial charge in [0.2, 0.25) is 0 Å². The van der Waals surface area contributed by atoms with Gasteiger partial charge in [-0.3, -0.25) is 0 Å². The molecule has 0 amide bonds. The van der Waals surface area contributed by atoms with Crippen molar-refractivity contribution in [3.63, 3.8) is 0 Å². The zero-order valence-corrected chi connectivity index (χ0v) is 9.95. The Kier molecular flexibility index (Phi) is 3.43. The molecule has 0 heterocycles. The Balaban J connectivity index is 2.37. The quantitative estimate of drug-likeness (QED) is 0.518. The maximum Gasteiger partial charge on any atom is -0.0241 e. The highest BCUT2D eigenvalue weighted by atomic mass is 14.6. The van der Waals surface area contributed by atoms with Crippen LogP contribution in [-0.4, -0.2) is 0 Å².